The summed E-state index contributed by atoms with van der Waals surface area (Å²) in [4.78, 5) is 8.60. The molecule has 0 aliphatic rings. The van der Waals surface area contributed by atoms with Crippen LogP contribution in [0, 0.1) is 5.41 Å². The van der Waals surface area contributed by atoms with Gasteiger partial charge in [-0.25, -0.2) is 0 Å². The average Bonchev–Trinajstić information content (AvgIpc) is 2.75. The summed E-state index contributed by atoms with van der Waals surface area (Å²) in [7, 11) is 0. The van der Waals surface area contributed by atoms with Crippen molar-refractivity contribution in [3.05, 3.63) is 28.7 Å². The van der Waals surface area contributed by atoms with Crippen LogP contribution in [0.3, 0.4) is 0 Å². The summed E-state index contributed by atoms with van der Waals surface area (Å²) in [5.74, 6) is 1.03. The molecule has 1 unspecified atom stereocenters. The molecule has 20 heavy (non-hydrogen) atoms. The maximum atomic E-state index is 6.12. The van der Waals surface area contributed by atoms with E-state index in [0.717, 1.165) is 10.9 Å². The molecule has 0 aliphatic heterocycles. The van der Waals surface area contributed by atoms with Crippen LogP contribution >= 0.6 is 15.9 Å². The Bertz CT molecular complexity index is 577. The van der Waals surface area contributed by atoms with Gasteiger partial charge in [-0.05, 0) is 39.9 Å². The van der Waals surface area contributed by atoms with Crippen molar-refractivity contribution in [3.63, 3.8) is 0 Å². The summed E-state index contributed by atoms with van der Waals surface area (Å²) in [5, 5.41) is 3.96. The third-order valence-corrected chi connectivity index (χ3v) is 3.39. The first-order valence-corrected chi connectivity index (χ1v) is 7.33. The minimum Gasteiger partial charge on any atom is -0.339 e. The largest absolute Gasteiger partial charge is 0.339 e. The molecule has 1 atom stereocenters. The highest BCUT2D eigenvalue weighted by molar-refractivity contribution is 9.10. The highest BCUT2D eigenvalue weighted by atomic mass is 79.9. The summed E-state index contributed by atoms with van der Waals surface area (Å²) in [6.07, 6.45) is 3.17. The van der Waals surface area contributed by atoms with Crippen LogP contribution in [0.15, 0.2) is 27.3 Å². The Morgan fingerprint density at radius 1 is 1.40 bits per heavy atom. The standard InChI is InChI=1S/C14H19BrN4O/c1-14(2,3)8-9(16)7-11-18-13(19-20-11)12-10(15)5-4-6-17-12/h4-6,9H,7-8,16H2,1-3H3. The smallest absolute Gasteiger partial charge is 0.228 e. The Kier molecular flexibility index (Phi) is 4.55. The van der Waals surface area contributed by atoms with E-state index in [1.807, 2.05) is 12.1 Å². The van der Waals surface area contributed by atoms with Crippen LogP contribution in [0.2, 0.25) is 0 Å². The number of nitrogens with zero attached hydrogens (tertiary/aromatic N) is 3. The third-order valence-electron chi connectivity index (χ3n) is 2.75. The Morgan fingerprint density at radius 2 is 2.15 bits per heavy atom. The van der Waals surface area contributed by atoms with E-state index in [-0.39, 0.29) is 11.5 Å². The number of rotatable bonds is 4. The molecule has 2 aromatic rings. The van der Waals surface area contributed by atoms with E-state index in [2.05, 4.69) is 51.8 Å². The van der Waals surface area contributed by atoms with E-state index < -0.39 is 0 Å². The van der Waals surface area contributed by atoms with Gasteiger partial charge in [-0.1, -0.05) is 25.9 Å². The van der Waals surface area contributed by atoms with Gasteiger partial charge in [-0.15, -0.1) is 0 Å². The first-order valence-electron chi connectivity index (χ1n) is 6.54. The van der Waals surface area contributed by atoms with Crippen LogP contribution in [-0.2, 0) is 6.42 Å². The molecule has 0 aliphatic carbocycles. The van der Waals surface area contributed by atoms with Crippen molar-refractivity contribution in [3.8, 4) is 11.5 Å². The van der Waals surface area contributed by atoms with E-state index >= 15 is 0 Å². The molecule has 0 saturated heterocycles. The van der Waals surface area contributed by atoms with Gasteiger partial charge in [-0.3, -0.25) is 4.98 Å². The number of hydrogen-bond donors (Lipinski definition) is 1. The molecule has 2 N–H and O–H groups in total. The quantitative estimate of drug-likeness (QED) is 0.925. The second-order valence-corrected chi connectivity index (χ2v) is 6.93. The maximum Gasteiger partial charge on any atom is 0.228 e. The minimum atomic E-state index is 0.00970. The number of hydrogen-bond acceptors (Lipinski definition) is 5. The van der Waals surface area contributed by atoms with Crippen molar-refractivity contribution in [1.82, 2.24) is 15.1 Å². The number of halogens is 1. The van der Waals surface area contributed by atoms with E-state index in [1.54, 1.807) is 6.20 Å². The van der Waals surface area contributed by atoms with Crippen molar-refractivity contribution < 1.29 is 4.52 Å². The molecule has 5 nitrogen and oxygen atoms in total. The first-order chi connectivity index (χ1) is 9.35. The van der Waals surface area contributed by atoms with E-state index in [1.165, 1.54) is 0 Å². The van der Waals surface area contributed by atoms with Crippen LogP contribution in [0.4, 0.5) is 0 Å². The van der Waals surface area contributed by atoms with Crippen molar-refractivity contribution in [2.24, 2.45) is 11.1 Å². The lowest BCUT2D eigenvalue weighted by molar-refractivity contribution is 0.313. The molecule has 0 fully saturated rings. The molecule has 0 radical (unpaired) electrons. The molecule has 2 rings (SSSR count). The molecule has 0 aromatic carbocycles. The van der Waals surface area contributed by atoms with Crippen LogP contribution < -0.4 is 5.73 Å². The summed E-state index contributed by atoms with van der Waals surface area (Å²) in [6, 6.07) is 3.74. The normalized spacial score (nSPS) is 13.4. The summed E-state index contributed by atoms with van der Waals surface area (Å²) < 4.78 is 6.10. The second-order valence-electron chi connectivity index (χ2n) is 6.07. The molecule has 0 amide bonds. The lowest BCUT2D eigenvalue weighted by atomic mass is 9.87. The summed E-state index contributed by atoms with van der Waals surface area (Å²) in [5.41, 5.74) is 6.98. The molecule has 2 heterocycles. The molecule has 0 spiro atoms. The maximum absolute atomic E-state index is 6.12. The van der Waals surface area contributed by atoms with Crippen molar-refractivity contribution in [2.45, 2.75) is 39.7 Å². The van der Waals surface area contributed by atoms with Gasteiger partial charge in [0.1, 0.15) is 5.69 Å². The molecule has 6 heteroatoms. The fourth-order valence-electron chi connectivity index (χ4n) is 2.07. The highest BCUT2D eigenvalue weighted by Crippen LogP contribution is 2.24. The zero-order valence-corrected chi connectivity index (χ0v) is 13.5. The van der Waals surface area contributed by atoms with Gasteiger partial charge in [0.05, 0.1) is 0 Å². The SMILES string of the molecule is CC(C)(C)CC(N)Cc1nc(-c2ncccc2Br)no1. The van der Waals surface area contributed by atoms with Gasteiger partial charge < -0.3 is 10.3 Å². The Labute approximate surface area is 127 Å². The zero-order chi connectivity index (χ0) is 14.8. The molecule has 0 saturated carbocycles. The number of aromatic nitrogens is 3. The van der Waals surface area contributed by atoms with E-state index in [9.17, 15) is 0 Å². The Morgan fingerprint density at radius 3 is 2.80 bits per heavy atom. The van der Waals surface area contributed by atoms with E-state index in [0.29, 0.717) is 23.8 Å². The lowest BCUT2D eigenvalue weighted by Crippen LogP contribution is -2.28. The first kappa shape index (κ1) is 15.1. The predicted molar refractivity (Wildman–Crippen MR) is 81.0 cm³/mol. The molecule has 2 aromatic heterocycles. The number of nitrogens with two attached hydrogens (primary N) is 1. The van der Waals surface area contributed by atoms with Crippen molar-refractivity contribution in [1.29, 1.82) is 0 Å². The van der Waals surface area contributed by atoms with Gasteiger partial charge in [0, 0.05) is 23.1 Å². The molecular weight excluding hydrogens is 320 g/mol. The van der Waals surface area contributed by atoms with Crippen molar-refractivity contribution >= 4 is 15.9 Å². The van der Waals surface area contributed by atoms with Crippen LogP contribution in [0.25, 0.3) is 11.5 Å². The highest BCUT2D eigenvalue weighted by Gasteiger charge is 2.19. The molecule has 108 valence electrons. The Hall–Kier alpha value is -1.27. The van der Waals surface area contributed by atoms with Gasteiger partial charge in [0.15, 0.2) is 0 Å². The minimum absolute atomic E-state index is 0.00970. The predicted octanol–water partition coefficient (Wildman–Crippen LogP) is 3.20. The second kappa shape index (κ2) is 6.01. The van der Waals surface area contributed by atoms with Gasteiger partial charge in [-0.2, -0.15) is 4.98 Å². The topological polar surface area (TPSA) is 77.8 Å². The van der Waals surface area contributed by atoms with Crippen LogP contribution in [0.5, 0.6) is 0 Å². The van der Waals surface area contributed by atoms with Gasteiger partial charge >= 0.3 is 0 Å². The number of pyridine rings is 1. The fraction of sp³-hybridized carbons (Fsp3) is 0.500. The molecular formula is C14H19BrN4O. The van der Waals surface area contributed by atoms with Crippen LogP contribution in [0.1, 0.15) is 33.1 Å². The van der Waals surface area contributed by atoms with Crippen LogP contribution in [-0.4, -0.2) is 21.2 Å². The lowest BCUT2D eigenvalue weighted by Gasteiger charge is -2.21. The fourth-order valence-corrected chi connectivity index (χ4v) is 2.50. The van der Waals surface area contributed by atoms with Gasteiger partial charge in [0.25, 0.3) is 0 Å². The summed E-state index contributed by atoms with van der Waals surface area (Å²) in [6.45, 7) is 6.49. The molecule has 0 bridgehead atoms. The summed E-state index contributed by atoms with van der Waals surface area (Å²) >= 11 is 3.42. The average molecular weight is 339 g/mol. The van der Waals surface area contributed by atoms with Gasteiger partial charge in [0.2, 0.25) is 11.7 Å². The zero-order valence-electron chi connectivity index (χ0n) is 11.9. The van der Waals surface area contributed by atoms with Crippen molar-refractivity contribution in [2.75, 3.05) is 0 Å². The van der Waals surface area contributed by atoms with E-state index in [4.69, 9.17) is 10.3 Å². The third kappa shape index (κ3) is 4.11. The Balaban J connectivity index is 2.08. The monoisotopic (exact) mass is 338 g/mol.